The molecule has 126 valence electrons. The van der Waals surface area contributed by atoms with E-state index in [4.69, 9.17) is 4.74 Å². The molecule has 24 heavy (non-hydrogen) atoms. The summed E-state index contributed by atoms with van der Waals surface area (Å²) in [6.45, 7) is 0.257. The number of likely N-dealkylation sites (N-methyl/N-ethyl adjacent to an activating group) is 1. The molecule has 0 atom stereocenters. The maximum atomic E-state index is 13.6. The van der Waals surface area contributed by atoms with Gasteiger partial charge in [0.1, 0.15) is 11.6 Å². The molecule has 0 fully saturated rings. The van der Waals surface area contributed by atoms with Gasteiger partial charge in [-0.1, -0.05) is 18.2 Å². The van der Waals surface area contributed by atoms with Crippen LogP contribution in [0.1, 0.15) is 15.9 Å². The molecule has 2 aromatic rings. The number of rotatable bonds is 6. The Bertz CT molecular complexity index is 716. The number of halogens is 1. The average Bonchev–Trinajstić information content (AvgIpc) is 2.56. The van der Waals surface area contributed by atoms with Gasteiger partial charge in [0.25, 0.3) is 5.91 Å². The van der Waals surface area contributed by atoms with Crippen LogP contribution in [0, 0.1) is 5.82 Å². The molecule has 1 N–H and O–H groups in total. The summed E-state index contributed by atoms with van der Waals surface area (Å²) in [7, 11) is 3.22. The van der Waals surface area contributed by atoms with Crippen molar-refractivity contribution < 1.29 is 18.7 Å². The third kappa shape index (κ3) is 4.89. The first-order chi connectivity index (χ1) is 11.5. The fraction of sp³-hybridized carbons (Fsp3) is 0.222. The van der Waals surface area contributed by atoms with E-state index in [0.717, 1.165) is 0 Å². The minimum atomic E-state index is -0.484. The second kappa shape index (κ2) is 8.21. The Balaban J connectivity index is 1.87. The van der Waals surface area contributed by atoms with E-state index < -0.39 is 11.8 Å². The minimum Gasteiger partial charge on any atom is -0.497 e. The minimum absolute atomic E-state index is 0.0176. The van der Waals surface area contributed by atoms with Gasteiger partial charge in [-0.05, 0) is 37.4 Å². The molecular formula is C18H19FN2O3. The Morgan fingerprint density at radius 3 is 2.42 bits per heavy atom. The van der Waals surface area contributed by atoms with Gasteiger partial charge in [-0.25, -0.2) is 4.39 Å². The zero-order valence-corrected chi connectivity index (χ0v) is 13.6. The van der Waals surface area contributed by atoms with Crippen LogP contribution in [0.4, 0.5) is 4.39 Å². The van der Waals surface area contributed by atoms with Gasteiger partial charge < -0.3 is 4.74 Å². The fourth-order valence-electron chi connectivity index (χ4n) is 2.20. The molecule has 6 heteroatoms. The molecule has 2 rings (SSSR count). The number of nitrogens with zero attached hydrogens (tertiary/aromatic N) is 1. The zero-order valence-electron chi connectivity index (χ0n) is 13.6. The molecule has 0 aromatic heterocycles. The molecule has 0 spiro atoms. The van der Waals surface area contributed by atoms with Gasteiger partial charge in [-0.2, -0.15) is 0 Å². The van der Waals surface area contributed by atoms with Crippen molar-refractivity contribution in [2.24, 2.45) is 0 Å². The van der Waals surface area contributed by atoms with E-state index in [9.17, 15) is 14.0 Å². The van der Waals surface area contributed by atoms with Gasteiger partial charge in [-0.15, -0.1) is 0 Å². The topological polar surface area (TPSA) is 58.6 Å². The molecule has 0 bridgehead atoms. The molecule has 0 aliphatic heterocycles. The maximum absolute atomic E-state index is 13.6. The number of benzene rings is 2. The van der Waals surface area contributed by atoms with Crippen molar-refractivity contribution in [3.05, 3.63) is 65.5 Å². The SMILES string of the molecule is COc1ccc(C(=O)NC(=O)CN(C)Cc2ccccc2F)cc1. The number of hydrogen-bond acceptors (Lipinski definition) is 4. The molecule has 0 saturated carbocycles. The predicted octanol–water partition coefficient (Wildman–Crippen LogP) is 2.22. The Hall–Kier alpha value is -2.73. The van der Waals surface area contributed by atoms with E-state index >= 15 is 0 Å². The number of carbonyl (C=O) groups is 2. The summed E-state index contributed by atoms with van der Waals surface area (Å²) < 4.78 is 18.6. The third-order valence-corrected chi connectivity index (χ3v) is 3.42. The van der Waals surface area contributed by atoms with Crippen molar-refractivity contribution in [1.82, 2.24) is 10.2 Å². The molecule has 0 radical (unpaired) electrons. The highest BCUT2D eigenvalue weighted by Gasteiger charge is 2.13. The molecule has 0 unspecified atom stereocenters. The fourth-order valence-corrected chi connectivity index (χ4v) is 2.20. The van der Waals surface area contributed by atoms with E-state index in [-0.39, 0.29) is 18.9 Å². The van der Waals surface area contributed by atoms with Crippen molar-refractivity contribution in [2.75, 3.05) is 20.7 Å². The molecule has 2 amide bonds. The monoisotopic (exact) mass is 330 g/mol. The average molecular weight is 330 g/mol. The lowest BCUT2D eigenvalue weighted by Gasteiger charge is -2.16. The highest BCUT2D eigenvalue weighted by Crippen LogP contribution is 2.11. The lowest BCUT2D eigenvalue weighted by atomic mass is 10.2. The quantitative estimate of drug-likeness (QED) is 0.882. The summed E-state index contributed by atoms with van der Waals surface area (Å²) in [5, 5.41) is 2.31. The molecule has 0 aliphatic rings. The molecule has 0 aliphatic carbocycles. The zero-order chi connectivity index (χ0) is 17.5. The Kier molecular flexibility index (Phi) is 6.03. The van der Waals surface area contributed by atoms with Crippen LogP contribution < -0.4 is 10.1 Å². The van der Waals surface area contributed by atoms with Gasteiger partial charge in [0, 0.05) is 17.7 Å². The standard InChI is InChI=1S/C18H19FN2O3/c1-21(11-14-5-3-4-6-16(14)19)12-17(22)20-18(23)13-7-9-15(24-2)10-8-13/h3-10H,11-12H2,1-2H3,(H,20,22,23). The number of carbonyl (C=O) groups excluding carboxylic acids is 2. The summed E-state index contributed by atoms with van der Waals surface area (Å²) in [6, 6.07) is 12.8. The largest absolute Gasteiger partial charge is 0.497 e. The first-order valence-corrected chi connectivity index (χ1v) is 7.40. The van der Waals surface area contributed by atoms with Crippen molar-refractivity contribution in [3.8, 4) is 5.75 Å². The van der Waals surface area contributed by atoms with Crippen LogP contribution >= 0.6 is 0 Å². The Morgan fingerprint density at radius 2 is 1.79 bits per heavy atom. The normalized spacial score (nSPS) is 10.5. The van der Waals surface area contributed by atoms with E-state index in [1.807, 2.05) is 0 Å². The van der Waals surface area contributed by atoms with Crippen LogP contribution in [0.3, 0.4) is 0 Å². The Morgan fingerprint density at radius 1 is 1.12 bits per heavy atom. The molecule has 0 saturated heterocycles. The summed E-state index contributed by atoms with van der Waals surface area (Å²) in [6.07, 6.45) is 0. The highest BCUT2D eigenvalue weighted by atomic mass is 19.1. The summed E-state index contributed by atoms with van der Waals surface area (Å²) in [5.41, 5.74) is 0.857. The molecule has 2 aromatic carbocycles. The first-order valence-electron chi connectivity index (χ1n) is 7.40. The van der Waals surface area contributed by atoms with Crippen molar-refractivity contribution in [3.63, 3.8) is 0 Å². The number of methoxy groups -OCH3 is 1. The van der Waals surface area contributed by atoms with Crippen LogP contribution in [0.5, 0.6) is 5.75 Å². The van der Waals surface area contributed by atoms with Crippen molar-refractivity contribution in [2.45, 2.75) is 6.54 Å². The van der Waals surface area contributed by atoms with E-state index in [1.54, 1.807) is 54.4 Å². The number of hydrogen-bond donors (Lipinski definition) is 1. The van der Waals surface area contributed by atoms with Crippen LogP contribution in [0.2, 0.25) is 0 Å². The molecule has 0 heterocycles. The van der Waals surface area contributed by atoms with Gasteiger partial charge in [0.2, 0.25) is 5.91 Å². The van der Waals surface area contributed by atoms with Crippen molar-refractivity contribution >= 4 is 11.8 Å². The second-order valence-electron chi connectivity index (χ2n) is 5.37. The van der Waals surface area contributed by atoms with Crippen LogP contribution in [-0.4, -0.2) is 37.4 Å². The second-order valence-corrected chi connectivity index (χ2v) is 5.37. The van der Waals surface area contributed by atoms with E-state index in [2.05, 4.69) is 5.32 Å². The smallest absolute Gasteiger partial charge is 0.257 e. The van der Waals surface area contributed by atoms with Gasteiger partial charge >= 0.3 is 0 Å². The first kappa shape index (κ1) is 17.6. The summed E-state index contributed by atoms with van der Waals surface area (Å²) >= 11 is 0. The summed E-state index contributed by atoms with van der Waals surface area (Å²) in [5.74, 6) is -0.627. The number of amides is 2. The van der Waals surface area contributed by atoms with Crippen molar-refractivity contribution in [1.29, 1.82) is 0 Å². The highest BCUT2D eigenvalue weighted by molar-refractivity contribution is 6.05. The maximum Gasteiger partial charge on any atom is 0.257 e. The number of ether oxygens (including phenoxy) is 1. The molecular weight excluding hydrogens is 311 g/mol. The lowest BCUT2D eigenvalue weighted by Crippen LogP contribution is -2.38. The van der Waals surface area contributed by atoms with Gasteiger partial charge in [0.05, 0.1) is 13.7 Å². The lowest BCUT2D eigenvalue weighted by molar-refractivity contribution is -0.121. The third-order valence-electron chi connectivity index (χ3n) is 3.42. The van der Waals surface area contributed by atoms with E-state index in [1.165, 1.54) is 13.2 Å². The van der Waals surface area contributed by atoms with E-state index in [0.29, 0.717) is 16.9 Å². The Labute approximate surface area is 140 Å². The van der Waals surface area contributed by atoms with Crippen LogP contribution in [0.25, 0.3) is 0 Å². The molecule has 5 nitrogen and oxygen atoms in total. The van der Waals surface area contributed by atoms with Gasteiger partial charge in [0.15, 0.2) is 0 Å². The number of nitrogens with one attached hydrogen (secondary N) is 1. The van der Waals surface area contributed by atoms with Crippen LogP contribution in [0.15, 0.2) is 48.5 Å². The predicted molar refractivity (Wildman–Crippen MR) is 88.2 cm³/mol. The summed E-state index contributed by atoms with van der Waals surface area (Å²) in [4.78, 5) is 25.6. The van der Waals surface area contributed by atoms with Crippen LogP contribution in [-0.2, 0) is 11.3 Å². The van der Waals surface area contributed by atoms with Gasteiger partial charge in [-0.3, -0.25) is 19.8 Å². The number of imide groups is 1.